The van der Waals surface area contributed by atoms with Crippen molar-refractivity contribution >= 4 is 176 Å². The predicted octanol–water partition coefficient (Wildman–Crippen LogP) is 3.92. The Hall–Kier alpha value is -2.03. The van der Waals surface area contributed by atoms with Crippen LogP contribution in [0, 0.1) is 0 Å². The molecule has 0 fully saturated rings. The molecule has 5 rings (SSSR count). The Balaban J connectivity index is 0.00000312. The maximum atomic E-state index is 12.4. The van der Waals surface area contributed by atoms with Crippen LogP contribution < -0.4 is 15.0 Å². The van der Waals surface area contributed by atoms with Gasteiger partial charge in [0.2, 0.25) is 17.2 Å². The molecule has 0 spiro atoms. The van der Waals surface area contributed by atoms with Crippen LogP contribution in [0.4, 0.5) is 34.6 Å². The van der Waals surface area contributed by atoms with E-state index in [1.54, 1.807) is 0 Å². The zero-order valence-electron chi connectivity index (χ0n) is 27.8. The van der Waals surface area contributed by atoms with Gasteiger partial charge < -0.3 is 20.1 Å². The topological polar surface area (TPSA) is 271 Å². The summed E-state index contributed by atoms with van der Waals surface area (Å²) < 4.78 is 105. The van der Waals surface area contributed by atoms with Crippen molar-refractivity contribution in [3.05, 3.63) is 72.0 Å². The van der Waals surface area contributed by atoms with E-state index in [2.05, 4.69) is 30.5 Å². The average molecular weight is 821 g/mol. The van der Waals surface area contributed by atoms with Gasteiger partial charge in [-0.3, -0.25) is 13.7 Å². The fraction of sp³-hybridized carbons (Fsp3) is 0.0741. The van der Waals surface area contributed by atoms with E-state index in [1.165, 1.54) is 55.5 Å². The van der Waals surface area contributed by atoms with Gasteiger partial charge in [-0.25, -0.2) is 0 Å². The molecule has 0 aliphatic rings. The molecule has 0 saturated heterocycles. The number of aromatic hydroxyl groups is 1. The largest absolute Gasteiger partial charge is 0.505 e. The van der Waals surface area contributed by atoms with Crippen LogP contribution in [0.15, 0.2) is 91.6 Å². The third-order valence-corrected chi connectivity index (χ3v) is 9.49. The average Bonchev–Trinajstić information content (AvgIpc) is 3.02. The molecule has 18 nitrogen and oxygen atoms in total. The summed E-state index contributed by atoms with van der Waals surface area (Å²) in [4.78, 5) is 11.9. The number of anilines is 4. The van der Waals surface area contributed by atoms with Crippen molar-refractivity contribution in [1.29, 1.82) is 0 Å². The summed E-state index contributed by atoms with van der Waals surface area (Å²) in [5.74, 6) is -0.730. The molecule has 259 valence electrons. The number of aromatic nitrogens is 3. The maximum Gasteiger partial charge on any atom is 0.296 e. The van der Waals surface area contributed by atoms with Crippen molar-refractivity contribution in [2.75, 3.05) is 24.4 Å². The van der Waals surface area contributed by atoms with Crippen LogP contribution in [-0.2, 0) is 30.4 Å². The molecule has 0 unspecified atom stereocenters. The second kappa shape index (κ2) is 18.1. The number of hydrogen-bond acceptors (Lipinski definition) is 15. The SMILES string of the molecule is COc1ccc(N=Nc2c(S(=O)(=O)O)cc3cc(N(C)c4nc(Cl)nc(Nc5ccc(S(=O)(=O)O)cc5)n4)ccc3c2O)c(S(=O)(=O)O)c1.[Na].[Na].[Na]. The summed E-state index contributed by atoms with van der Waals surface area (Å²) >= 11 is 6.12. The summed E-state index contributed by atoms with van der Waals surface area (Å²) in [6.07, 6.45) is 0. The molecule has 3 radical (unpaired) electrons. The van der Waals surface area contributed by atoms with Crippen molar-refractivity contribution in [2.24, 2.45) is 10.2 Å². The fourth-order valence-electron chi connectivity index (χ4n) is 4.36. The minimum absolute atomic E-state index is 0. The van der Waals surface area contributed by atoms with Gasteiger partial charge in [0.25, 0.3) is 30.4 Å². The maximum absolute atomic E-state index is 12.4. The molecular weight excluding hydrogens is 799 g/mol. The van der Waals surface area contributed by atoms with E-state index in [4.69, 9.17) is 16.3 Å². The number of nitrogens with one attached hydrogen (secondary N) is 1. The molecule has 0 aliphatic heterocycles. The number of rotatable bonds is 10. The summed E-state index contributed by atoms with van der Waals surface area (Å²) in [5.41, 5.74) is -0.473. The Kier molecular flexibility index (Phi) is 16.0. The molecule has 1 aromatic heterocycles. The number of halogens is 1. The minimum atomic E-state index is -5.06. The normalized spacial score (nSPS) is 11.7. The van der Waals surface area contributed by atoms with Gasteiger partial charge in [0.15, 0.2) is 5.75 Å². The number of ether oxygens (including phenoxy) is 1. The van der Waals surface area contributed by atoms with Crippen LogP contribution in [0.25, 0.3) is 10.8 Å². The van der Waals surface area contributed by atoms with E-state index in [0.717, 1.165) is 30.3 Å². The fourth-order valence-corrected chi connectivity index (χ4v) is 6.29. The molecule has 52 heavy (non-hydrogen) atoms. The summed E-state index contributed by atoms with van der Waals surface area (Å²) in [7, 11) is -11.5. The molecule has 25 heteroatoms. The van der Waals surface area contributed by atoms with E-state index >= 15 is 0 Å². The van der Waals surface area contributed by atoms with Crippen molar-refractivity contribution in [3.8, 4) is 11.5 Å². The standard InChI is InChI=1S/C27H22ClN7O11S3.3Na/c1-35(27-31-25(28)30-26(32-27)29-15-3-7-18(8-4-15)47(37,38)39)16-5-9-19-14(11-16)12-22(49(43,44)45)23(24(19)36)34-33-20-10-6-17(46-2)13-21(20)48(40,41)42;;;/h3-13,36H,1-2H3,(H,37,38,39)(H,40,41,42)(H,43,44,45)(H,29,30,31,32);;;. The monoisotopic (exact) mass is 820 g/mol. The van der Waals surface area contributed by atoms with Crippen molar-refractivity contribution < 1.29 is 48.8 Å². The first-order valence-electron chi connectivity index (χ1n) is 13.2. The van der Waals surface area contributed by atoms with Gasteiger partial charge in [-0.1, -0.05) is 0 Å². The number of phenols is 1. The van der Waals surface area contributed by atoms with Crippen molar-refractivity contribution in [1.82, 2.24) is 15.0 Å². The first-order valence-corrected chi connectivity index (χ1v) is 17.9. The molecule has 0 atom stereocenters. The van der Waals surface area contributed by atoms with Gasteiger partial charge in [-0.05, 0) is 77.7 Å². The van der Waals surface area contributed by atoms with Gasteiger partial charge >= 0.3 is 0 Å². The van der Waals surface area contributed by atoms with Gasteiger partial charge in [0.1, 0.15) is 26.9 Å². The van der Waals surface area contributed by atoms with Crippen LogP contribution in [0.2, 0.25) is 5.28 Å². The van der Waals surface area contributed by atoms with E-state index in [9.17, 15) is 44.0 Å². The van der Waals surface area contributed by atoms with Crippen LogP contribution in [0.5, 0.6) is 11.5 Å². The van der Waals surface area contributed by atoms with Gasteiger partial charge in [0.05, 0.1) is 12.0 Å². The molecule has 0 bridgehead atoms. The zero-order chi connectivity index (χ0) is 35.9. The van der Waals surface area contributed by atoms with E-state index in [-0.39, 0.29) is 127 Å². The number of phenolic OH excluding ortho intramolecular Hbond substituents is 1. The molecule has 1 heterocycles. The zero-order valence-corrected chi connectivity index (χ0v) is 37.0. The summed E-state index contributed by atoms with van der Waals surface area (Å²) in [6, 6.07) is 13.7. The van der Waals surface area contributed by atoms with Gasteiger partial charge in [-0.15, -0.1) is 10.2 Å². The molecular formula is C27H22ClN7Na3O11S3. The molecule has 5 N–H and O–H groups in total. The first-order chi connectivity index (χ1) is 22.8. The van der Waals surface area contributed by atoms with Gasteiger partial charge in [0, 0.05) is 119 Å². The molecule has 0 aliphatic carbocycles. The Morgan fingerprint density at radius 3 is 1.98 bits per heavy atom. The molecule has 0 saturated carbocycles. The third kappa shape index (κ3) is 10.8. The first kappa shape index (κ1) is 46.1. The Labute approximate surface area is 368 Å². The Morgan fingerprint density at radius 2 is 1.40 bits per heavy atom. The Morgan fingerprint density at radius 1 is 0.769 bits per heavy atom. The van der Waals surface area contributed by atoms with E-state index in [1.807, 2.05) is 0 Å². The Bertz CT molecular complexity index is 2500. The van der Waals surface area contributed by atoms with Crippen LogP contribution >= 0.6 is 11.6 Å². The number of benzene rings is 4. The second-order valence-electron chi connectivity index (χ2n) is 9.87. The number of azo groups is 1. The van der Waals surface area contributed by atoms with Crippen LogP contribution in [0.3, 0.4) is 0 Å². The minimum Gasteiger partial charge on any atom is -0.505 e. The van der Waals surface area contributed by atoms with Gasteiger partial charge in [-0.2, -0.15) is 40.2 Å². The summed E-state index contributed by atoms with van der Waals surface area (Å²) in [5, 5.41) is 21.2. The number of hydrogen-bond donors (Lipinski definition) is 5. The van der Waals surface area contributed by atoms with Crippen LogP contribution in [-0.4, -0.2) is 162 Å². The second-order valence-corrected chi connectivity index (χ2v) is 14.4. The number of fused-ring (bicyclic) bond motifs is 1. The van der Waals surface area contributed by atoms with Crippen LogP contribution in [0.1, 0.15) is 0 Å². The number of nitrogens with zero attached hydrogens (tertiary/aromatic N) is 6. The van der Waals surface area contributed by atoms with E-state index < -0.39 is 57.3 Å². The molecule has 4 aromatic carbocycles. The molecule has 0 amide bonds. The van der Waals surface area contributed by atoms with Crippen molar-refractivity contribution in [2.45, 2.75) is 14.7 Å². The summed E-state index contributed by atoms with van der Waals surface area (Å²) in [6.45, 7) is 0. The van der Waals surface area contributed by atoms with Crippen molar-refractivity contribution in [3.63, 3.8) is 0 Å². The quantitative estimate of drug-likeness (QED) is 0.0759. The molecule has 5 aromatic rings. The predicted molar refractivity (Wildman–Crippen MR) is 192 cm³/mol. The smallest absolute Gasteiger partial charge is 0.296 e. The van der Waals surface area contributed by atoms with E-state index in [0.29, 0.717) is 11.4 Å². The number of methoxy groups -OCH3 is 1. The third-order valence-electron chi connectivity index (χ3n) is 6.71.